The van der Waals surface area contributed by atoms with E-state index in [-0.39, 0.29) is 0 Å². The first-order valence-corrected chi connectivity index (χ1v) is 14.2. The molecule has 2 aromatic carbocycles. The zero-order chi connectivity index (χ0) is 23.2. The monoisotopic (exact) mass is 450 g/mol. The number of benzene rings is 2. The lowest BCUT2D eigenvalue weighted by Gasteiger charge is -2.10. The standard InChI is InChI=1S/C32H50O/c33-29-23-16-14-12-10-8-6-4-2-1-3-5-7-9-11-13-15-18-24-31-27-21-22-28-32(31)30-25-19-17-20-26-30/h17,19-22,25-28,33H,1-16,18,23-24,29H2. The van der Waals surface area contributed by atoms with Crippen LogP contribution in [0.3, 0.4) is 0 Å². The number of hydrogen-bond donors (Lipinski definition) is 1. The molecule has 1 N–H and O–H groups in total. The minimum Gasteiger partial charge on any atom is -0.396 e. The Hall–Kier alpha value is -1.60. The van der Waals surface area contributed by atoms with Gasteiger partial charge in [-0.3, -0.25) is 0 Å². The van der Waals surface area contributed by atoms with E-state index in [9.17, 15) is 0 Å². The second-order valence-electron chi connectivity index (χ2n) is 9.86. The molecule has 0 amide bonds. The molecule has 0 unspecified atom stereocenters. The summed E-state index contributed by atoms with van der Waals surface area (Å²) in [5, 5.41) is 8.78. The molecule has 0 aromatic heterocycles. The van der Waals surface area contributed by atoms with Gasteiger partial charge in [0.15, 0.2) is 0 Å². The molecule has 0 aliphatic heterocycles. The Morgan fingerprint density at radius 1 is 0.394 bits per heavy atom. The van der Waals surface area contributed by atoms with Gasteiger partial charge in [-0.05, 0) is 36.0 Å². The molecule has 33 heavy (non-hydrogen) atoms. The van der Waals surface area contributed by atoms with Gasteiger partial charge in [0, 0.05) is 6.61 Å². The average Bonchev–Trinajstić information content (AvgIpc) is 2.86. The van der Waals surface area contributed by atoms with Crippen molar-refractivity contribution >= 4 is 0 Å². The molecule has 0 spiro atoms. The van der Waals surface area contributed by atoms with Crippen molar-refractivity contribution in [3.05, 3.63) is 60.2 Å². The van der Waals surface area contributed by atoms with E-state index >= 15 is 0 Å². The molecule has 0 atom stereocenters. The zero-order valence-electron chi connectivity index (χ0n) is 21.3. The van der Waals surface area contributed by atoms with Crippen LogP contribution in [-0.2, 0) is 6.42 Å². The van der Waals surface area contributed by atoms with Crippen LogP contribution >= 0.6 is 0 Å². The fourth-order valence-corrected chi connectivity index (χ4v) is 4.89. The number of aryl methyl sites for hydroxylation is 1. The van der Waals surface area contributed by atoms with Crippen LogP contribution in [0.25, 0.3) is 11.1 Å². The predicted molar refractivity (Wildman–Crippen MR) is 146 cm³/mol. The van der Waals surface area contributed by atoms with Crippen molar-refractivity contribution in [3.8, 4) is 11.1 Å². The fraction of sp³-hybridized carbons (Fsp3) is 0.625. The van der Waals surface area contributed by atoms with Crippen molar-refractivity contribution in [1.82, 2.24) is 0 Å². The first kappa shape index (κ1) is 27.6. The van der Waals surface area contributed by atoms with Crippen LogP contribution in [0.5, 0.6) is 0 Å². The first-order chi connectivity index (χ1) is 16.4. The highest BCUT2D eigenvalue weighted by Gasteiger charge is 2.04. The van der Waals surface area contributed by atoms with E-state index < -0.39 is 0 Å². The van der Waals surface area contributed by atoms with E-state index in [1.165, 1.54) is 132 Å². The van der Waals surface area contributed by atoms with Crippen molar-refractivity contribution in [1.29, 1.82) is 0 Å². The van der Waals surface area contributed by atoms with Gasteiger partial charge in [-0.1, -0.05) is 157 Å². The van der Waals surface area contributed by atoms with Crippen LogP contribution < -0.4 is 0 Å². The number of unbranched alkanes of at least 4 members (excludes halogenated alkanes) is 17. The maximum absolute atomic E-state index is 8.78. The quantitative estimate of drug-likeness (QED) is 0.188. The number of hydrogen-bond acceptors (Lipinski definition) is 1. The van der Waals surface area contributed by atoms with E-state index in [1.807, 2.05) is 0 Å². The molecule has 0 heterocycles. The molecule has 1 heteroatoms. The van der Waals surface area contributed by atoms with Gasteiger partial charge in [-0.25, -0.2) is 0 Å². The van der Waals surface area contributed by atoms with Gasteiger partial charge in [0.25, 0.3) is 0 Å². The van der Waals surface area contributed by atoms with E-state index in [0.29, 0.717) is 6.61 Å². The molecule has 0 saturated carbocycles. The molecule has 0 bridgehead atoms. The summed E-state index contributed by atoms with van der Waals surface area (Å²) in [6.45, 7) is 0.366. The minimum absolute atomic E-state index is 0.366. The highest BCUT2D eigenvalue weighted by Crippen LogP contribution is 2.25. The van der Waals surface area contributed by atoms with E-state index in [0.717, 1.165) is 6.42 Å². The highest BCUT2D eigenvalue weighted by atomic mass is 16.2. The van der Waals surface area contributed by atoms with Gasteiger partial charge in [0.05, 0.1) is 0 Å². The zero-order valence-corrected chi connectivity index (χ0v) is 21.3. The highest BCUT2D eigenvalue weighted by molar-refractivity contribution is 5.67. The molecule has 2 rings (SSSR count). The summed E-state index contributed by atoms with van der Waals surface area (Å²) in [6.07, 6.45) is 25.9. The Balaban J connectivity index is 1.36. The second kappa shape index (κ2) is 19.8. The van der Waals surface area contributed by atoms with Crippen LogP contribution in [-0.4, -0.2) is 11.7 Å². The largest absolute Gasteiger partial charge is 0.396 e. The Bertz CT molecular complexity index is 678. The molecule has 0 fully saturated rings. The Morgan fingerprint density at radius 2 is 0.788 bits per heavy atom. The van der Waals surface area contributed by atoms with E-state index in [1.54, 1.807) is 0 Å². The minimum atomic E-state index is 0.366. The third-order valence-corrected chi connectivity index (χ3v) is 6.96. The topological polar surface area (TPSA) is 20.2 Å². The lowest BCUT2D eigenvalue weighted by Crippen LogP contribution is -1.91. The average molecular weight is 451 g/mol. The summed E-state index contributed by atoms with van der Waals surface area (Å²) in [5.74, 6) is 0. The SMILES string of the molecule is OCCCCCCCCCCCCCCCCCCCCc1ccccc1-c1ccccc1. The molecule has 184 valence electrons. The summed E-state index contributed by atoms with van der Waals surface area (Å²) in [5.41, 5.74) is 4.26. The van der Waals surface area contributed by atoms with E-state index in [2.05, 4.69) is 54.6 Å². The molecular weight excluding hydrogens is 400 g/mol. The van der Waals surface area contributed by atoms with Crippen LogP contribution in [0.4, 0.5) is 0 Å². The summed E-state index contributed by atoms with van der Waals surface area (Å²) in [4.78, 5) is 0. The van der Waals surface area contributed by atoms with Crippen molar-refractivity contribution in [2.75, 3.05) is 6.61 Å². The van der Waals surface area contributed by atoms with Crippen LogP contribution in [0.15, 0.2) is 54.6 Å². The molecular formula is C32H50O. The lowest BCUT2D eigenvalue weighted by molar-refractivity contribution is 0.282. The van der Waals surface area contributed by atoms with Gasteiger partial charge >= 0.3 is 0 Å². The smallest absolute Gasteiger partial charge is 0.0431 e. The summed E-state index contributed by atoms with van der Waals surface area (Å²) < 4.78 is 0. The van der Waals surface area contributed by atoms with Gasteiger partial charge < -0.3 is 5.11 Å². The normalized spacial score (nSPS) is 11.2. The molecule has 1 nitrogen and oxygen atoms in total. The third kappa shape index (κ3) is 13.6. The second-order valence-corrected chi connectivity index (χ2v) is 9.86. The van der Waals surface area contributed by atoms with Crippen molar-refractivity contribution in [2.24, 2.45) is 0 Å². The first-order valence-electron chi connectivity index (χ1n) is 14.2. The molecule has 2 aromatic rings. The third-order valence-electron chi connectivity index (χ3n) is 6.96. The Labute approximate surface area is 205 Å². The predicted octanol–water partition coefficient (Wildman–Crippen LogP) is 9.91. The van der Waals surface area contributed by atoms with Crippen LogP contribution in [0.1, 0.15) is 121 Å². The summed E-state index contributed by atoms with van der Waals surface area (Å²) in [7, 11) is 0. The van der Waals surface area contributed by atoms with Gasteiger partial charge in [0.1, 0.15) is 0 Å². The molecule has 0 radical (unpaired) electrons. The van der Waals surface area contributed by atoms with Gasteiger partial charge in [0.2, 0.25) is 0 Å². The van der Waals surface area contributed by atoms with Crippen molar-refractivity contribution in [2.45, 2.75) is 122 Å². The maximum Gasteiger partial charge on any atom is 0.0431 e. The summed E-state index contributed by atoms with van der Waals surface area (Å²) in [6, 6.07) is 19.7. The maximum atomic E-state index is 8.78. The van der Waals surface area contributed by atoms with E-state index in [4.69, 9.17) is 5.11 Å². The Kier molecular flexibility index (Phi) is 16.6. The Morgan fingerprint density at radius 3 is 1.27 bits per heavy atom. The van der Waals surface area contributed by atoms with Crippen LogP contribution in [0.2, 0.25) is 0 Å². The number of aliphatic hydroxyl groups is 1. The fourth-order valence-electron chi connectivity index (χ4n) is 4.89. The molecule has 0 aliphatic carbocycles. The molecule has 0 saturated heterocycles. The lowest BCUT2D eigenvalue weighted by atomic mass is 9.95. The van der Waals surface area contributed by atoms with Gasteiger partial charge in [-0.2, -0.15) is 0 Å². The summed E-state index contributed by atoms with van der Waals surface area (Å²) >= 11 is 0. The molecule has 0 aliphatic rings. The van der Waals surface area contributed by atoms with Crippen molar-refractivity contribution in [3.63, 3.8) is 0 Å². The number of rotatable bonds is 21. The number of aliphatic hydroxyl groups excluding tert-OH is 1. The van der Waals surface area contributed by atoms with Crippen molar-refractivity contribution < 1.29 is 5.11 Å². The van der Waals surface area contributed by atoms with Gasteiger partial charge in [-0.15, -0.1) is 0 Å². The van der Waals surface area contributed by atoms with Crippen LogP contribution in [0, 0.1) is 0 Å².